The molecule has 4 fully saturated rings. The van der Waals surface area contributed by atoms with Crippen molar-refractivity contribution >= 4 is 5.97 Å². The lowest BCUT2D eigenvalue weighted by Crippen LogP contribution is -2.58. The lowest BCUT2D eigenvalue weighted by Gasteiger charge is -2.49. The highest BCUT2D eigenvalue weighted by atomic mass is 16.7. The minimum Gasteiger partial charge on any atom is -0.459 e. The molecule has 4 rings (SSSR count). The largest absolute Gasteiger partial charge is 0.459 e. The van der Waals surface area contributed by atoms with Gasteiger partial charge in [0.2, 0.25) is 0 Å². The number of hydrogen-bond donors (Lipinski definition) is 2. The zero-order valence-corrected chi connectivity index (χ0v) is 33.0. The first kappa shape index (κ1) is 40.9. The standard InChI is InChI=1S/C38H69NO10/c1-19-17-36(9,10)33(48-35-29(40)27(39(13)14)16-20(2)44-35)22(4)31(47-28-18-37(11,43-15)24(6)25(7)45-28)23(5)34(42)46-26(8)38(12)32(41)21(3)30(19)49-38/h19-33,35,40-41H,16-18H2,1-15H3/t19-,20?,21+,22+,23-,24?,25?,26-,27?,28?,29?,30?,31+,32-,33-,35?,37?,38+/m1/s1. The zero-order valence-electron chi connectivity index (χ0n) is 33.0. The molecule has 286 valence electrons. The van der Waals surface area contributed by atoms with Gasteiger partial charge >= 0.3 is 5.97 Å². The SMILES string of the molecule is COC1(C)CC(O[C@H]2[C@H](C)[C@@H](OC3OC(C)CC(N(C)C)C3O)C(C)(C)C[C@@H](C)C3O[C@](C)([C@H](O)[C@H]3C)[C@@H](C)OC(=O)[C@@H]2C)OC(C)C1C. The van der Waals surface area contributed by atoms with Gasteiger partial charge in [-0.2, -0.15) is 0 Å². The predicted octanol–water partition coefficient (Wildman–Crippen LogP) is 4.78. The highest BCUT2D eigenvalue weighted by Gasteiger charge is 2.57. The van der Waals surface area contributed by atoms with Crippen molar-refractivity contribution in [1.29, 1.82) is 0 Å². The van der Waals surface area contributed by atoms with Crippen LogP contribution in [-0.4, -0.2) is 121 Å². The summed E-state index contributed by atoms with van der Waals surface area (Å²) in [7, 11) is 5.63. The molecule has 0 spiro atoms. The van der Waals surface area contributed by atoms with E-state index in [0.29, 0.717) is 19.3 Å². The molecule has 0 aromatic heterocycles. The van der Waals surface area contributed by atoms with Crippen LogP contribution in [-0.2, 0) is 38.0 Å². The molecule has 0 amide bonds. The van der Waals surface area contributed by atoms with Crippen LogP contribution in [0.1, 0.15) is 102 Å². The average Bonchev–Trinajstić information content (AvgIpc) is 3.26. The first-order valence-corrected chi connectivity index (χ1v) is 18.7. The number of nitrogens with zero attached hydrogens (tertiary/aromatic N) is 1. The third kappa shape index (κ3) is 8.05. The molecular weight excluding hydrogens is 630 g/mol. The Morgan fingerprint density at radius 2 is 1.51 bits per heavy atom. The number of rotatable bonds is 6. The number of ether oxygens (including phenoxy) is 7. The molecule has 4 heterocycles. The summed E-state index contributed by atoms with van der Waals surface area (Å²) >= 11 is 0. The van der Waals surface area contributed by atoms with Crippen LogP contribution in [0.15, 0.2) is 0 Å². The Morgan fingerprint density at radius 3 is 2.10 bits per heavy atom. The Balaban J connectivity index is 1.79. The molecule has 4 aliphatic heterocycles. The van der Waals surface area contributed by atoms with Crippen LogP contribution in [0.2, 0.25) is 0 Å². The highest BCUT2D eigenvalue weighted by molar-refractivity contribution is 5.73. The molecule has 0 aromatic rings. The van der Waals surface area contributed by atoms with E-state index in [-0.39, 0.29) is 48.0 Å². The molecule has 11 heteroatoms. The van der Waals surface area contributed by atoms with Crippen LogP contribution in [0, 0.1) is 35.0 Å². The number of likely N-dealkylation sites (N-methyl/N-ethyl adjacent to an activating group) is 1. The number of carbonyl (C=O) groups excluding carboxylic acids is 1. The zero-order chi connectivity index (χ0) is 37.0. The van der Waals surface area contributed by atoms with E-state index in [2.05, 4.69) is 41.5 Å². The number of carbonyl (C=O) groups is 1. The molecule has 11 nitrogen and oxygen atoms in total. The van der Waals surface area contributed by atoms with Gasteiger partial charge in [-0.25, -0.2) is 0 Å². The van der Waals surface area contributed by atoms with E-state index < -0.39 is 71.6 Å². The molecule has 4 saturated heterocycles. The molecule has 0 radical (unpaired) electrons. The van der Waals surface area contributed by atoms with Crippen LogP contribution in [0.5, 0.6) is 0 Å². The summed E-state index contributed by atoms with van der Waals surface area (Å²) in [6, 6.07) is -0.152. The molecule has 9 unspecified atom stereocenters. The molecule has 0 aliphatic carbocycles. The maximum absolute atomic E-state index is 14.1. The van der Waals surface area contributed by atoms with Crippen LogP contribution < -0.4 is 0 Å². The van der Waals surface area contributed by atoms with Gasteiger partial charge in [-0.3, -0.25) is 4.79 Å². The molecule has 2 N–H and O–H groups in total. The number of cyclic esters (lactones) is 1. The molecule has 2 bridgehead atoms. The van der Waals surface area contributed by atoms with Gasteiger partial charge in [0.25, 0.3) is 0 Å². The van der Waals surface area contributed by atoms with Crippen molar-refractivity contribution in [2.24, 2.45) is 35.0 Å². The summed E-state index contributed by atoms with van der Waals surface area (Å²) in [5.74, 6) is -1.63. The summed E-state index contributed by atoms with van der Waals surface area (Å²) < 4.78 is 45.5. The van der Waals surface area contributed by atoms with Crippen LogP contribution in [0.3, 0.4) is 0 Å². The fourth-order valence-electron chi connectivity index (χ4n) is 9.37. The van der Waals surface area contributed by atoms with Crippen molar-refractivity contribution in [2.45, 2.75) is 181 Å². The average molecular weight is 700 g/mol. The lowest BCUT2D eigenvalue weighted by atomic mass is 9.69. The van der Waals surface area contributed by atoms with Gasteiger partial charge in [-0.05, 0) is 79.8 Å². The summed E-state index contributed by atoms with van der Waals surface area (Å²) in [5.41, 5.74) is -2.10. The van der Waals surface area contributed by atoms with Gasteiger partial charge in [0.1, 0.15) is 17.8 Å². The van der Waals surface area contributed by atoms with Crippen molar-refractivity contribution < 1.29 is 48.2 Å². The van der Waals surface area contributed by atoms with Crippen molar-refractivity contribution in [3.8, 4) is 0 Å². The van der Waals surface area contributed by atoms with E-state index in [4.69, 9.17) is 33.2 Å². The molecule has 49 heavy (non-hydrogen) atoms. The predicted molar refractivity (Wildman–Crippen MR) is 186 cm³/mol. The van der Waals surface area contributed by atoms with Gasteiger partial charge in [-0.1, -0.05) is 41.5 Å². The molecule has 4 aliphatic rings. The Hall–Kier alpha value is -0.890. The third-order valence-corrected chi connectivity index (χ3v) is 13.1. The van der Waals surface area contributed by atoms with Crippen molar-refractivity contribution in [3.05, 3.63) is 0 Å². The molecule has 18 atom stereocenters. The van der Waals surface area contributed by atoms with Gasteiger partial charge in [0, 0.05) is 37.3 Å². The third-order valence-electron chi connectivity index (χ3n) is 13.1. The Kier molecular flexibility index (Phi) is 12.7. The summed E-state index contributed by atoms with van der Waals surface area (Å²) in [6.45, 7) is 24.2. The monoisotopic (exact) mass is 699 g/mol. The lowest BCUT2D eigenvalue weighted by molar-refractivity contribution is -0.307. The maximum atomic E-state index is 14.1. The first-order chi connectivity index (χ1) is 22.6. The highest BCUT2D eigenvalue weighted by Crippen LogP contribution is 2.48. The fourth-order valence-corrected chi connectivity index (χ4v) is 9.37. The number of hydrogen-bond acceptors (Lipinski definition) is 11. The van der Waals surface area contributed by atoms with Gasteiger partial charge in [0.05, 0.1) is 48.1 Å². The fraction of sp³-hybridized carbons (Fsp3) is 0.974. The van der Waals surface area contributed by atoms with E-state index >= 15 is 0 Å². The molecule has 0 saturated carbocycles. The van der Waals surface area contributed by atoms with Crippen LogP contribution in [0.25, 0.3) is 0 Å². The number of aliphatic hydroxyl groups excluding tert-OH is 2. The minimum absolute atomic E-state index is 0.0114. The van der Waals surface area contributed by atoms with E-state index in [1.807, 2.05) is 53.6 Å². The van der Waals surface area contributed by atoms with E-state index in [1.54, 1.807) is 14.0 Å². The van der Waals surface area contributed by atoms with Crippen molar-refractivity contribution in [3.63, 3.8) is 0 Å². The normalized spacial score (nSPS) is 51.4. The van der Waals surface area contributed by atoms with Crippen LogP contribution >= 0.6 is 0 Å². The summed E-state index contributed by atoms with van der Waals surface area (Å²) in [4.78, 5) is 16.2. The summed E-state index contributed by atoms with van der Waals surface area (Å²) in [6.07, 6.45) is -3.95. The second-order valence-corrected chi connectivity index (χ2v) is 17.5. The van der Waals surface area contributed by atoms with E-state index in [1.165, 1.54) is 0 Å². The second-order valence-electron chi connectivity index (χ2n) is 17.5. The number of esters is 1. The van der Waals surface area contributed by atoms with Gasteiger partial charge < -0.3 is 48.3 Å². The smallest absolute Gasteiger partial charge is 0.311 e. The van der Waals surface area contributed by atoms with Crippen molar-refractivity contribution in [2.75, 3.05) is 21.2 Å². The molecular formula is C38H69NO10. The Morgan fingerprint density at radius 1 is 0.878 bits per heavy atom. The second kappa shape index (κ2) is 15.2. The first-order valence-electron chi connectivity index (χ1n) is 18.7. The Bertz CT molecular complexity index is 1120. The van der Waals surface area contributed by atoms with Crippen LogP contribution in [0.4, 0.5) is 0 Å². The number of fused-ring (bicyclic) bond motifs is 2. The number of aliphatic hydroxyl groups is 2. The molecule has 0 aromatic carbocycles. The number of methoxy groups -OCH3 is 1. The quantitative estimate of drug-likeness (QED) is 0.372. The van der Waals surface area contributed by atoms with Gasteiger partial charge in [0.15, 0.2) is 12.6 Å². The minimum atomic E-state index is -1.08. The maximum Gasteiger partial charge on any atom is 0.311 e. The van der Waals surface area contributed by atoms with Gasteiger partial charge in [-0.15, -0.1) is 0 Å². The summed E-state index contributed by atoms with van der Waals surface area (Å²) in [5, 5.41) is 23.1. The topological polar surface area (TPSA) is 125 Å². The van der Waals surface area contributed by atoms with Crippen molar-refractivity contribution in [1.82, 2.24) is 4.90 Å². The van der Waals surface area contributed by atoms with E-state index in [9.17, 15) is 15.0 Å². The Labute approximate surface area is 296 Å². The van der Waals surface area contributed by atoms with E-state index in [0.717, 1.165) is 0 Å².